The van der Waals surface area contributed by atoms with Crippen LogP contribution in [-0.2, 0) is 14.3 Å². The number of likely N-dealkylation sites (tertiary alicyclic amines) is 1. The van der Waals surface area contributed by atoms with Gasteiger partial charge in [-0.25, -0.2) is 14.8 Å². The number of esters is 1. The quantitative estimate of drug-likeness (QED) is 0.383. The van der Waals surface area contributed by atoms with Crippen LogP contribution in [0.2, 0.25) is 0 Å². The molecule has 3 heterocycles. The number of nitrogens with one attached hydrogen (secondary N) is 1. The average Bonchev–Trinajstić information content (AvgIpc) is 3.32. The minimum Gasteiger partial charge on any atom is -0.468 e. The molecule has 36 heavy (non-hydrogen) atoms. The van der Waals surface area contributed by atoms with Crippen LogP contribution in [0, 0.1) is 17.2 Å². The van der Waals surface area contributed by atoms with Gasteiger partial charge in [0.2, 0.25) is 5.91 Å². The van der Waals surface area contributed by atoms with Gasteiger partial charge in [0.05, 0.1) is 24.6 Å². The number of nitrogens with two attached hydrogens (primary N) is 1. The van der Waals surface area contributed by atoms with Crippen molar-refractivity contribution in [2.45, 2.75) is 51.1 Å². The highest BCUT2D eigenvalue weighted by Crippen LogP contribution is 2.29. The lowest BCUT2D eigenvalue weighted by molar-refractivity contribution is -0.142. The second kappa shape index (κ2) is 12.3. The van der Waals surface area contributed by atoms with Crippen LogP contribution in [0.15, 0.2) is 18.6 Å². The molecule has 0 bridgehead atoms. The molecule has 2 aromatic rings. The largest absolute Gasteiger partial charge is 0.468 e. The molecule has 2 amide bonds. The molecule has 0 saturated carbocycles. The zero-order chi connectivity index (χ0) is 26.2. The van der Waals surface area contributed by atoms with Crippen molar-refractivity contribution in [1.29, 1.82) is 5.26 Å². The Bertz CT molecular complexity index is 1130. The Kier molecular flexibility index (Phi) is 9.19. The SMILES string of the molecule is COC(=O)C(N)CCCCNC(=O)n1ccc2c(N(C)[C@H]3CN(C(=O)CC#N)CC[C@H]3C)ncnc21. The zero-order valence-corrected chi connectivity index (χ0v) is 21.0. The summed E-state index contributed by atoms with van der Waals surface area (Å²) in [6.45, 7) is 3.71. The Morgan fingerprint density at radius 3 is 2.86 bits per heavy atom. The van der Waals surface area contributed by atoms with Crippen molar-refractivity contribution in [2.24, 2.45) is 11.7 Å². The third-order valence-corrected chi connectivity index (χ3v) is 6.73. The highest BCUT2D eigenvalue weighted by molar-refractivity contribution is 5.94. The van der Waals surface area contributed by atoms with E-state index >= 15 is 0 Å². The van der Waals surface area contributed by atoms with Gasteiger partial charge in [0.1, 0.15) is 24.6 Å². The van der Waals surface area contributed by atoms with Crippen molar-refractivity contribution in [3.63, 3.8) is 0 Å². The molecule has 1 aliphatic heterocycles. The molecule has 3 atom stereocenters. The van der Waals surface area contributed by atoms with Gasteiger partial charge in [-0.2, -0.15) is 5.26 Å². The van der Waals surface area contributed by atoms with Gasteiger partial charge in [0, 0.05) is 32.9 Å². The van der Waals surface area contributed by atoms with E-state index in [9.17, 15) is 14.4 Å². The average molecular weight is 499 g/mol. The number of rotatable bonds is 9. The number of carbonyl (C=O) groups excluding carboxylic acids is 3. The molecule has 0 radical (unpaired) electrons. The highest BCUT2D eigenvalue weighted by atomic mass is 16.5. The van der Waals surface area contributed by atoms with Gasteiger partial charge in [-0.3, -0.25) is 14.2 Å². The summed E-state index contributed by atoms with van der Waals surface area (Å²) in [6, 6.07) is 2.78. The molecule has 194 valence electrons. The molecule has 0 spiro atoms. The van der Waals surface area contributed by atoms with Crippen molar-refractivity contribution in [3.05, 3.63) is 18.6 Å². The van der Waals surface area contributed by atoms with Crippen LogP contribution < -0.4 is 16.0 Å². The summed E-state index contributed by atoms with van der Waals surface area (Å²) in [5.74, 6) is 0.381. The number of ether oxygens (including phenoxy) is 1. The molecular weight excluding hydrogens is 464 g/mol. The maximum atomic E-state index is 12.8. The number of hydrogen-bond donors (Lipinski definition) is 2. The number of nitriles is 1. The van der Waals surface area contributed by atoms with Crippen molar-refractivity contribution in [1.82, 2.24) is 24.8 Å². The predicted octanol–water partition coefficient (Wildman–Crippen LogP) is 1.25. The highest BCUT2D eigenvalue weighted by Gasteiger charge is 2.32. The summed E-state index contributed by atoms with van der Waals surface area (Å²) < 4.78 is 6.06. The van der Waals surface area contributed by atoms with E-state index in [2.05, 4.69) is 26.9 Å². The van der Waals surface area contributed by atoms with Crippen LogP contribution in [0.1, 0.15) is 39.0 Å². The fraction of sp³-hybridized carbons (Fsp3) is 0.583. The number of piperidine rings is 1. The van der Waals surface area contributed by atoms with E-state index in [1.165, 1.54) is 18.0 Å². The van der Waals surface area contributed by atoms with E-state index in [1.54, 1.807) is 11.1 Å². The van der Waals surface area contributed by atoms with Gasteiger partial charge in [-0.1, -0.05) is 6.92 Å². The van der Waals surface area contributed by atoms with E-state index in [0.717, 1.165) is 11.8 Å². The summed E-state index contributed by atoms with van der Waals surface area (Å²) in [5.41, 5.74) is 6.21. The van der Waals surface area contributed by atoms with E-state index in [0.29, 0.717) is 56.3 Å². The van der Waals surface area contributed by atoms with Crippen LogP contribution in [-0.4, -0.2) is 83.2 Å². The first-order valence-corrected chi connectivity index (χ1v) is 12.1. The fourth-order valence-electron chi connectivity index (χ4n) is 4.54. The van der Waals surface area contributed by atoms with Crippen LogP contribution in [0.4, 0.5) is 10.6 Å². The topological polar surface area (TPSA) is 159 Å². The standard InChI is InChI=1S/C24H34N8O4/c1-16-8-12-31(20(33)7-10-25)14-19(16)30(2)21-17-9-13-32(22(17)29-15-28-21)24(35)27-11-5-4-6-18(26)23(34)36-3/h9,13,15-16,18-19H,4-8,11-12,14,26H2,1-3H3,(H,27,35)/t16-,18?,19+/m1/s1. The molecule has 1 aliphatic rings. The lowest BCUT2D eigenvalue weighted by atomic mass is 9.92. The van der Waals surface area contributed by atoms with Gasteiger partial charge in [0.25, 0.3) is 0 Å². The van der Waals surface area contributed by atoms with Crippen LogP contribution in [0.25, 0.3) is 11.0 Å². The number of likely N-dealkylation sites (N-methyl/N-ethyl adjacent to an activating group) is 1. The van der Waals surface area contributed by atoms with E-state index in [1.807, 2.05) is 24.1 Å². The second-order valence-electron chi connectivity index (χ2n) is 9.10. The first-order chi connectivity index (χ1) is 17.3. The summed E-state index contributed by atoms with van der Waals surface area (Å²) in [5, 5.41) is 12.5. The number of anilines is 1. The lowest BCUT2D eigenvalue weighted by Gasteiger charge is -2.42. The van der Waals surface area contributed by atoms with Crippen LogP contribution >= 0.6 is 0 Å². The number of methoxy groups -OCH3 is 1. The number of amides is 2. The number of carbonyl (C=O) groups is 3. The molecule has 0 aromatic carbocycles. The molecule has 1 saturated heterocycles. The number of hydrogen-bond acceptors (Lipinski definition) is 9. The Hall–Kier alpha value is -3.72. The molecule has 3 rings (SSSR count). The van der Waals surface area contributed by atoms with E-state index < -0.39 is 12.0 Å². The van der Waals surface area contributed by atoms with Gasteiger partial charge in [-0.15, -0.1) is 0 Å². The summed E-state index contributed by atoms with van der Waals surface area (Å²) in [7, 11) is 3.23. The summed E-state index contributed by atoms with van der Waals surface area (Å²) >= 11 is 0. The van der Waals surface area contributed by atoms with Crippen LogP contribution in [0.5, 0.6) is 0 Å². The maximum Gasteiger partial charge on any atom is 0.327 e. The minimum absolute atomic E-state index is 0.00744. The molecule has 3 N–H and O–H groups in total. The Balaban J connectivity index is 1.66. The Morgan fingerprint density at radius 2 is 2.14 bits per heavy atom. The smallest absolute Gasteiger partial charge is 0.327 e. The fourth-order valence-corrected chi connectivity index (χ4v) is 4.54. The molecule has 1 unspecified atom stereocenters. The molecule has 12 heteroatoms. The van der Waals surface area contributed by atoms with Crippen molar-refractivity contribution in [3.8, 4) is 6.07 Å². The van der Waals surface area contributed by atoms with E-state index in [4.69, 9.17) is 11.0 Å². The normalized spacial score (nSPS) is 18.4. The molecule has 1 fully saturated rings. The first-order valence-electron chi connectivity index (χ1n) is 12.1. The molecule has 12 nitrogen and oxygen atoms in total. The van der Waals surface area contributed by atoms with Gasteiger partial charge in [0.15, 0.2) is 5.65 Å². The molecule has 0 aliphatic carbocycles. The summed E-state index contributed by atoms with van der Waals surface area (Å²) in [6.07, 6.45) is 5.61. The number of fused-ring (bicyclic) bond motifs is 1. The monoisotopic (exact) mass is 498 g/mol. The first kappa shape index (κ1) is 26.9. The minimum atomic E-state index is -0.658. The predicted molar refractivity (Wildman–Crippen MR) is 133 cm³/mol. The van der Waals surface area contributed by atoms with Crippen molar-refractivity contribution >= 4 is 34.8 Å². The maximum absolute atomic E-state index is 12.8. The molecule has 2 aromatic heterocycles. The summed E-state index contributed by atoms with van der Waals surface area (Å²) in [4.78, 5) is 49.0. The van der Waals surface area contributed by atoms with Gasteiger partial charge in [-0.05, 0) is 37.7 Å². The number of unbranched alkanes of at least 4 members (excludes halogenated alkanes) is 1. The number of aromatic nitrogens is 3. The van der Waals surface area contributed by atoms with Crippen molar-refractivity contribution in [2.75, 3.05) is 38.7 Å². The van der Waals surface area contributed by atoms with Crippen molar-refractivity contribution < 1.29 is 19.1 Å². The Labute approximate surface area is 210 Å². The lowest BCUT2D eigenvalue weighted by Crippen LogP contribution is -2.52. The Morgan fingerprint density at radius 1 is 1.36 bits per heavy atom. The molecular formula is C24H34N8O4. The third kappa shape index (κ3) is 6.09. The second-order valence-corrected chi connectivity index (χ2v) is 9.10. The van der Waals surface area contributed by atoms with Crippen LogP contribution in [0.3, 0.4) is 0 Å². The van der Waals surface area contributed by atoms with Gasteiger partial charge < -0.3 is 25.6 Å². The van der Waals surface area contributed by atoms with E-state index in [-0.39, 0.29) is 24.4 Å². The van der Waals surface area contributed by atoms with Gasteiger partial charge >= 0.3 is 12.0 Å². The third-order valence-electron chi connectivity index (χ3n) is 6.73. The zero-order valence-electron chi connectivity index (χ0n) is 21.0. The number of nitrogens with zero attached hydrogens (tertiary/aromatic N) is 6.